The maximum absolute atomic E-state index is 10.5. The molecule has 3 heteroatoms. The molecule has 17 heavy (non-hydrogen) atoms. The van der Waals surface area contributed by atoms with Crippen molar-refractivity contribution in [3.8, 4) is 0 Å². The SMILES string of the molecule is Cl.O=COC(c1ccccc1)c1ccccc1. The van der Waals surface area contributed by atoms with E-state index in [-0.39, 0.29) is 18.5 Å². The molecule has 0 aliphatic rings. The minimum absolute atomic E-state index is 0. The molecular formula is C14H13ClO2. The lowest BCUT2D eigenvalue weighted by atomic mass is 10.0. The van der Waals surface area contributed by atoms with Gasteiger partial charge in [-0.25, -0.2) is 0 Å². The second-order valence-corrected chi connectivity index (χ2v) is 3.43. The van der Waals surface area contributed by atoms with E-state index in [9.17, 15) is 4.79 Å². The predicted octanol–water partition coefficient (Wildman–Crippen LogP) is 3.37. The molecule has 0 unspecified atom stereocenters. The summed E-state index contributed by atoms with van der Waals surface area (Å²) >= 11 is 0. The van der Waals surface area contributed by atoms with Crippen LogP contribution in [0.3, 0.4) is 0 Å². The quantitative estimate of drug-likeness (QED) is 0.776. The van der Waals surface area contributed by atoms with Crippen molar-refractivity contribution >= 4 is 18.9 Å². The maximum atomic E-state index is 10.5. The monoisotopic (exact) mass is 248 g/mol. The Morgan fingerprint density at radius 1 is 0.824 bits per heavy atom. The minimum atomic E-state index is -0.320. The van der Waals surface area contributed by atoms with Gasteiger partial charge in [-0.1, -0.05) is 60.7 Å². The summed E-state index contributed by atoms with van der Waals surface area (Å²) in [5, 5.41) is 0. The highest BCUT2D eigenvalue weighted by atomic mass is 35.5. The average Bonchev–Trinajstić information content (AvgIpc) is 2.38. The van der Waals surface area contributed by atoms with Crippen molar-refractivity contribution in [3.05, 3.63) is 71.8 Å². The lowest BCUT2D eigenvalue weighted by Gasteiger charge is -2.15. The molecule has 0 aromatic heterocycles. The van der Waals surface area contributed by atoms with E-state index in [0.29, 0.717) is 6.47 Å². The first-order valence-electron chi connectivity index (χ1n) is 5.11. The predicted molar refractivity (Wildman–Crippen MR) is 69.1 cm³/mol. The third-order valence-electron chi connectivity index (χ3n) is 2.40. The van der Waals surface area contributed by atoms with Gasteiger partial charge >= 0.3 is 0 Å². The van der Waals surface area contributed by atoms with Crippen LogP contribution in [0.15, 0.2) is 60.7 Å². The second-order valence-electron chi connectivity index (χ2n) is 3.43. The normalized spacial score (nSPS) is 9.47. The number of hydrogen-bond donors (Lipinski definition) is 0. The van der Waals surface area contributed by atoms with Gasteiger partial charge in [-0.05, 0) is 11.1 Å². The number of halogens is 1. The zero-order valence-corrected chi connectivity index (χ0v) is 9.97. The summed E-state index contributed by atoms with van der Waals surface area (Å²) in [4.78, 5) is 10.5. The van der Waals surface area contributed by atoms with E-state index in [4.69, 9.17) is 4.74 Å². The third kappa shape index (κ3) is 3.33. The molecule has 0 atom stereocenters. The lowest BCUT2D eigenvalue weighted by molar-refractivity contribution is -0.132. The minimum Gasteiger partial charge on any atom is -0.455 e. The topological polar surface area (TPSA) is 26.3 Å². The zero-order chi connectivity index (χ0) is 11.2. The number of hydrogen-bond acceptors (Lipinski definition) is 2. The number of carbonyl (C=O) groups is 1. The van der Waals surface area contributed by atoms with Gasteiger partial charge in [-0.2, -0.15) is 0 Å². The van der Waals surface area contributed by atoms with Crippen molar-refractivity contribution < 1.29 is 9.53 Å². The highest BCUT2D eigenvalue weighted by molar-refractivity contribution is 5.85. The molecule has 0 bridgehead atoms. The van der Waals surface area contributed by atoms with Gasteiger partial charge in [0.15, 0.2) is 6.10 Å². The van der Waals surface area contributed by atoms with Crippen molar-refractivity contribution in [2.75, 3.05) is 0 Å². The molecule has 2 nitrogen and oxygen atoms in total. The zero-order valence-electron chi connectivity index (χ0n) is 9.15. The molecule has 0 aliphatic carbocycles. The van der Waals surface area contributed by atoms with Gasteiger partial charge in [-0.15, -0.1) is 12.4 Å². The van der Waals surface area contributed by atoms with Gasteiger partial charge in [0, 0.05) is 0 Å². The summed E-state index contributed by atoms with van der Waals surface area (Å²) in [5.41, 5.74) is 1.95. The van der Waals surface area contributed by atoms with E-state index in [0.717, 1.165) is 11.1 Å². The fourth-order valence-corrected chi connectivity index (χ4v) is 1.66. The molecule has 0 radical (unpaired) electrons. The Morgan fingerprint density at radius 2 is 1.24 bits per heavy atom. The van der Waals surface area contributed by atoms with Crippen LogP contribution in [0.4, 0.5) is 0 Å². The maximum Gasteiger partial charge on any atom is 0.294 e. The molecule has 0 spiro atoms. The summed E-state index contributed by atoms with van der Waals surface area (Å²) in [7, 11) is 0. The Kier molecular flexibility index (Phi) is 5.24. The van der Waals surface area contributed by atoms with Gasteiger partial charge in [0.1, 0.15) is 0 Å². The van der Waals surface area contributed by atoms with Crippen LogP contribution in [0.5, 0.6) is 0 Å². The van der Waals surface area contributed by atoms with E-state index in [1.165, 1.54) is 0 Å². The molecular weight excluding hydrogens is 236 g/mol. The van der Waals surface area contributed by atoms with Gasteiger partial charge in [0.05, 0.1) is 0 Å². The molecule has 2 aromatic carbocycles. The Morgan fingerprint density at radius 3 is 1.59 bits per heavy atom. The number of benzene rings is 2. The highest BCUT2D eigenvalue weighted by Crippen LogP contribution is 2.24. The van der Waals surface area contributed by atoms with Crippen LogP contribution in [0.1, 0.15) is 17.2 Å². The first-order chi connectivity index (χ1) is 7.92. The van der Waals surface area contributed by atoms with Crippen molar-refractivity contribution in [1.82, 2.24) is 0 Å². The van der Waals surface area contributed by atoms with Gasteiger partial charge < -0.3 is 4.74 Å². The molecule has 0 amide bonds. The molecule has 0 aliphatic heterocycles. The summed E-state index contributed by atoms with van der Waals surface area (Å²) in [6.45, 7) is 0.491. The van der Waals surface area contributed by atoms with Crippen molar-refractivity contribution in [1.29, 1.82) is 0 Å². The van der Waals surface area contributed by atoms with Crippen LogP contribution in [0, 0.1) is 0 Å². The first-order valence-corrected chi connectivity index (χ1v) is 5.11. The van der Waals surface area contributed by atoms with E-state index in [1.54, 1.807) is 0 Å². The smallest absolute Gasteiger partial charge is 0.294 e. The molecule has 0 saturated heterocycles. The van der Waals surface area contributed by atoms with Crippen LogP contribution in [0.2, 0.25) is 0 Å². The molecule has 0 heterocycles. The van der Waals surface area contributed by atoms with Crippen LogP contribution in [0.25, 0.3) is 0 Å². The summed E-state index contributed by atoms with van der Waals surface area (Å²) in [6, 6.07) is 19.4. The molecule has 88 valence electrons. The number of ether oxygens (including phenoxy) is 1. The summed E-state index contributed by atoms with van der Waals surface area (Å²) in [5.74, 6) is 0. The molecule has 2 rings (SSSR count). The van der Waals surface area contributed by atoms with E-state index in [1.807, 2.05) is 60.7 Å². The van der Waals surface area contributed by atoms with E-state index >= 15 is 0 Å². The summed E-state index contributed by atoms with van der Waals surface area (Å²) in [6.07, 6.45) is -0.320. The second kappa shape index (κ2) is 6.71. The van der Waals surface area contributed by atoms with Crippen molar-refractivity contribution in [3.63, 3.8) is 0 Å². The summed E-state index contributed by atoms with van der Waals surface area (Å²) < 4.78 is 5.13. The molecule has 2 aromatic rings. The van der Waals surface area contributed by atoms with E-state index < -0.39 is 0 Å². The number of carbonyl (C=O) groups excluding carboxylic acids is 1. The van der Waals surface area contributed by atoms with Gasteiger partial charge in [-0.3, -0.25) is 4.79 Å². The van der Waals surface area contributed by atoms with Crippen LogP contribution < -0.4 is 0 Å². The third-order valence-corrected chi connectivity index (χ3v) is 2.40. The van der Waals surface area contributed by atoms with E-state index in [2.05, 4.69) is 0 Å². The molecule has 0 fully saturated rings. The molecule has 0 saturated carbocycles. The Balaban J connectivity index is 0.00000144. The Hall–Kier alpha value is -1.80. The molecule has 0 N–H and O–H groups in total. The van der Waals surface area contributed by atoms with Crippen LogP contribution in [-0.2, 0) is 9.53 Å². The fourth-order valence-electron chi connectivity index (χ4n) is 1.66. The van der Waals surface area contributed by atoms with Crippen molar-refractivity contribution in [2.24, 2.45) is 0 Å². The standard InChI is InChI=1S/C14H12O2.ClH/c15-11-16-14(12-7-3-1-4-8-12)13-9-5-2-6-10-13;/h1-11,14H;1H. The fraction of sp³-hybridized carbons (Fsp3) is 0.0714. The number of rotatable bonds is 4. The first kappa shape index (κ1) is 13.3. The highest BCUT2D eigenvalue weighted by Gasteiger charge is 2.13. The average molecular weight is 249 g/mol. The Labute approximate surface area is 107 Å². The van der Waals surface area contributed by atoms with Gasteiger partial charge in [0.25, 0.3) is 6.47 Å². The van der Waals surface area contributed by atoms with Gasteiger partial charge in [0.2, 0.25) is 0 Å². The van der Waals surface area contributed by atoms with Crippen LogP contribution >= 0.6 is 12.4 Å². The largest absolute Gasteiger partial charge is 0.455 e. The van der Waals surface area contributed by atoms with Crippen LogP contribution in [-0.4, -0.2) is 6.47 Å². The van der Waals surface area contributed by atoms with Crippen molar-refractivity contribution in [2.45, 2.75) is 6.10 Å². The lowest BCUT2D eigenvalue weighted by Crippen LogP contribution is -2.04. The Bertz CT molecular complexity index is 403.